The van der Waals surface area contributed by atoms with Crippen molar-refractivity contribution in [2.24, 2.45) is 0 Å². The second kappa shape index (κ2) is 7.57. The van der Waals surface area contributed by atoms with E-state index in [0.29, 0.717) is 0 Å². The van der Waals surface area contributed by atoms with Gasteiger partial charge in [-0.2, -0.15) is 0 Å². The van der Waals surface area contributed by atoms with Gasteiger partial charge < -0.3 is 24.8 Å². The van der Waals surface area contributed by atoms with Crippen molar-refractivity contribution >= 4 is 22.9 Å². The van der Waals surface area contributed by atoms with E-state index in [1.165, 1.54) is 0 Å². The van der Waals surface area contributed by atoms with Crippen LogP contribution in [-0.2, 0) is 23.2 Å². The van der Waals surface area contributed by atoms with Gasteiger partial charge in [0.15, 0.2) is 0 Å². The molecule has 5 heteroatoms. The minimum atomic E-state index is -0.473. The fraction of sp³-hybridized carbons (Fsp3) is 0.333. The van der Waals surface area contributed by atoms with Crippen LogP contribution in [0.2, 0.25) is 0 Å². The second-order valence-electron chi connectivity index (χ2n) is 4.03. The summed E-state index contributed by atoms with van der Waals surface area (Å²) in [5.41, 5.74) is 3.23. The fourth-order valence-electron chi connectivity index (χ4n) is 1.60. The maximum atomic E-state index is 2.50. The van der Waals surface area contributed by atoms with Gasteiger partial charge in [-0.25, -0.2) is 0 Å². The Labute approximate surface area is 131 Å². The van der Waals surface area contributed by atoms with E-state index in [-0.39, 0.29) is 24.8 Å². The minimum Gasteiger partial charge on any atom is -1.00 e. The summed E-state index contributed by atoms with van der Waals surface area (Å²) >= 11 is -0.473. The van der Waals surface area contributed by atoms with Gasteiger partial charge in [-0.05, 0) is 0 Å². The van der Waals surface area contributed by atoms with E-state index in [2.05, 4.69) is 39.3 Å². The summed E-state index contributed by atoms with van der Waals surface area (Å²) < 4.78 is 3.47. The summed E-state index contributed by atoms with van der Waals surface area (Å²) in [5.74, 6) is 5.00. The predicted molar refractivity (Wildman–Crippen MR) is 70.1 cm³/mol. The fourth-order valence-corrected chi connectivity index (χ4v) is 8.90. The smallest absolute Gasteiger partial charge is 1.00 e. The van der Waals surface area contributed by atoms with Gasteiger partial charge in [0.05, 0.1) is 0 Å². The van der Waals surface area contributed by atoms with Crippen molar-refractivity contribution < 1.29 is 48.0 Å². The first-order valence-electron chi connectivity index (χ1n) is 5.15. The zero-order valence-corrected chi connectivity index (χ0v) is 16.4. The zero-order chi connectivity index (χ0) is 11.0. The van der Waals surface area contributed by atoms with E-state index in [9.17, 15) is 0 Å². The quantitative estimate of drug-likeness (QED) is 0.519. The summed E-state index contributed by atoms with van der Waals surface area (Å²) in [6.07, 6.45) is 0. The van der Waals surface area contributed by atoms with Crippen molar-refractivity contribution in [3.05, 3.63) is 33.3 Å². The molecule has 0 radical (unpaired) electrons. The summed E-state index contributed by atoms with van der Waals surface area (Å²) in [7, 11) is 1.94. The minimum absolute atomic E-state index is 0. The molecule has 0 aliphatic carbocycles. The Morgan fingerprint density at radius 3 is 1.35 bits per heavy atom. The van der Waals surface area contributed by atoms with Gasteiger partial charge in [0.1, 0.15) is 0 Å². The first kappa shape index (κ1) is 18.0. The molecule has 2 atom stereocenters. The first-order chi connectivity index (χ1) is 7.09. The third-order valence-corrected chi connectivity index (χ3v) is 10.8. The average molecular weight is 384 g/mol. The van der Waals surface area contributed by atoms with E-state index in [1.807, 2.05) is 0 Å². The number of aryl methyl sites for hydroxylation is 2. The van der Waals surface area contributed by atoms with Gasteiger partial charge in [0.2, 0.25) is 0 Å². The molecule has 0 aliphatic rings. The van der Waals surface area contributed by atoms with Crippen LogP contribution in [0.25, 0.3) is 0 Å². The van der Waals surface area contributed by atoms with Crippen molar-refractivity contribution in [1.82, 2.24) is 0 Å². The number of hydrogen-bond donors (Lipinski definition) is 0. The van der Waals surface area contributed by atoms with Crippen molar-refractivity contribution in [2.45, 2.75) is 27.7 Å². The van der Waals surface area contributed by atoms with Gasteiger partial charge in [-0.15, -0.1) is 0 Å². The van der Waals surface area contributed by atoms with E-state index >= 15 is 0 Å². The first-order valence-corrected chi connectivity index (χ1v) is 9.77. The molecular formula is C12H16Cl2P2Zr. The maximum absolute atomic E-state index is 2.50. The summed E-state index contributed by atoms with van der Waals surface area (Å²) in [5, 5.41) is 3.23. The van der Waals surface area contributed by atoms with E-state index in [1.54, 1.807) is 28.3 Å². The third kappa shape index (κ3) is 3.99. The van der Waals surface area contributed by atoms with Crippen LogP contribution in [0.4, 0.5) is 0 Å². The molecule has 0 fully saturated rings. The van der Waals surface area contributed by atoms with Crippen LogP contribution in [0.3, 0.4) is 0 Å². The van der Waals surface area contributed by atoms with Crippen LogP contribution in [0.15, 0.2) is 11.6 Å². The van der Waals surface area contributed by atoms with Crippen molar-refractivity contribution in [3.63, 3.8) is 0 Å². The third-order valence-electron chi connectivity index (χ3n) is 3.07. The van der Waals surface area contributed by atoms with Crippen LogP contribution >= 0.6 is 16.4 Å². The predicted octanol–water partition coefficient (Wildman–Crippen LogP) is -2.98. The van der Waals surface area contributed by atoms with Crippen LogP contribution < -0.4 is 31.4 Å². The molecule has 2 aromatic heterocycles. The molecule has 0 aromatic carbocycles. The molecule has 92 valence electrons. The second-order valence-corrected chi connectivity index (χ2v) is 9.95. The van der Waals surface area contributed by atoms with Gasteiger partial charge in [0.25, 0.3) is 0 Å². The zero-order valence-electron chi connectivity index (χ0n) is 10.4. The van der Waals surface area contributed by atoms with E-state index in [4.69, 9.17) is 0 Å². The monoisotopic (exact) mass is 382 g/mol. The Balaban J connectivity index is 0.00000128. The molecule has 2 unspecified atom stereocenters. The van der Waals surface area contributed by atoms with Crippen molar-refractivity contribution in [1.29, 1.82) is 0 Å². The normalized spacial score (nSPS) is 10.1. The molecule has 0 saturated carbocycles. The van der Waals surface area contributed by atoms with Gasteiger partial charge in [-0.3, -0.25) is 0 Å². The van der Waals surface area contributed by atoms with Crippen LogP contribution in [-0.4, -0.2) is 0 Å². The Hall–Kier alpha value is 1.02. The molecule has 17 heavy (non-hydrogen) atoms. The Kier molecular flexibility index (Phi) is 8.03. The molecule has 0 saturated heterocycles. The Morgan fingerprint density at radius 1 is 0.765 bits per heavy atom. The summed E-state index contributed by atoms with van der Waals surface area (Å²) in [6.45, 7) is 9.20. The molecule has 0 bridgehead atoms. The molecule has 0 spiro atoms. The van der Waals surface area contributed by atoms with Crippen LogP contribution in [0.5, 0.6) is 0 Å². The summed E-state index contributed by atoms with van der Waals surface area (Å²) in [6, 6.07) is 0. The summed E-state index contributed by atoms with van der Waals surface area (Å²) in [4.78, 5) is 0. The van der Waals surface area contributed by atoms with E-state index in [0.717, 1.165) is 16.4 Å². The SMILES string of the molecule is Cc1[pH]c[c]([Zr+2][c]2c[pH]c(C)c2C)c1C.[Cl-].[Cl-]. The molecule has 0 aliphatic heterocycles. The van der Waals surface area contributed by atoms with Gasteiger partial charge in [0, 0.05) is 0 Å². The number of rotatable bonds is 2. The topological polar surface area (TPSA) is 0 Å². The van der Waals surface area contributed by atoms with Gasteiger partial charge in [-0.1, -0.05) is 0 Å². The Morgan fingerprint density at radius 2 is 1.12 bits per heavy atom. The molecular weight excluding hydrogens is 368 g/mol. The molecule has 0 nitrogen and oxygen atoms in total. The number of hydrogen-bond acceptors (Lipinski definition) is 0. The Bertz CT molecular complexity index is 444. The van der Waals surface area contributed by atoms with Gasteiger partial charge >= 0.3 is 107 Å². The van der Waals surface area contributed by atoms with E-state index < -0.39 is 23.2 Å². The molecule has 0 N–H and O–H groups in total. The van der Waals surface area contributed by atoms with Crippen LogP contribution in [0.1, 0.15) is 21.7 Å². The molecule has 2 aromatic rings. The van der Waals surface area contributed by atoms with Crippen molar-refractivity contribution in [2.75, 3.05) is 0 Å². The number of halogens is 2. The molecule has 2 heterocycles. The largest absolute Gasteiger partial charge is 1.00 e. The average Bonchev–Trinajstić information content (AvgIpc) is 2.68. The maximum Gasteiger partial charge on any atom is -1.00 e. The molecule has 0 amide bonds. The standard InChI is InChI=1S/2C6H8P.2ClH.Zr/c2*1-5-3-4-7-6(5)2;;;/h2*4,7H,1-2H3;2*1H;/q;;;;+2/p-2. The van der Waals surface area contributed by atoms with Crippen LogP contribution in [0, 0.1) is 27.7 Å². The molecule has 2 rings (SSSR count). The van der Waals surface area contributed by atoms with Crippen molar-refractivity contribution in [3.8, 4) is 0 Å².